The zero-order chi connectivity index (χ0) is 36.1. The number of nitrogens with one attached hydrogen (secondary N) is 1. The number of anilines is 1. The van der Waals surface area contributed by atoms with E-state index < -0.39 is 38.1 Å². The summed E-state index contributed by atoms with van der Waals surface area (Å²) in [5, 5.41) is 14.0. The molecule has 0 bridgehead atoms. The van der Waals surface area contributed by atoms with E-state index in [0.29, 0.717) is 19.4 Å². The van der Waals surface area contributed by atoms with Crippen LogP contribution in [0, 0.1) is 26.7 Å². The molecule has 0 radical (unpaired) electrons. The molecule has 1 aromatic heterocycles. The predicted molar refractivity (Wildman–Crippen MR) is 185 cm³/mol. The van der Waals surface area contributed by atoms with Crippen LogP contribution < -0.4 is 9.46 Å². The van der Waals surface area contributed by atoms with Crippen LogP contribution in [0.2, 0.25) is 0 Å². The molecule has 0 aliphatic carbocycles. The van der Waals surface area contributed by atoms with E-state index >= 15 is 0 Å². The molecule has 0 unspecified atom stereocenters. The Kier molecular flexibility index (Phi) is 12.5. The van der Waals surface area contributed by atoms with Crippen LogP contribution in [0.15, 0.2) is 56.8 Å². The van der Waals surface area contributed by atoms with Gasteiger partial charge in [-0.2, -0.15) is 4.31 Å². The molecule has 1 aliphatic rings. The monoisotopic (exact) mass is 720 g/mol. The molecule has 13 nitrogen and oxygen atoms in total. The average Bonchev–Trinajstić information content (AvgIpc) is 3.40. The van der Waals surface area contributed by atoms with Gasteiger partial charge in [0.15, 0.2) is 10.7 Å². The second-order valence-corrected chi connectivity index (χ2v) is 16.5. The summed E-state index contributed by atoms with van der Waals surface area (Å²) in [7, 11) is -6.43. The molecule has 2 N–H and O–H groups in total. The van der Waals surface area contributed by atoms with E-state index in [1.807, 2.05) is 20.8 Å². The Balaban J connectivity index is 1.69. The van der Waals surface area contributed by atoms with Gasteiger partial charge < -0.3 is 24.0 Å². The first-order valence-electron chi connectivity index (χ1n) is 16.4. The normalized spacial score (nSPS) is 20.7. The number of fused-ring (bicyclic) bond motifs is 1. The summed E-state index contributed by atoms with van der Waals surface area (Å²) in [5.41, 5.74) is 1.37. The van der Waals surface area contributed by atoms with Gasteiger partial charge in [-0.3, -0.25) is 9.52 Å². The third-order valence-electron chi connectivity index (χ3n) is 8.71. The number of sulfonamides is 2. The van der Waals surface area contributed by atoms with E-state index in [0.717, 1.165) is 12.0 Å². The highest BCUT2D eigenvalue weighted by Crippen LogP contribution is 2.30. The molecular formula is C34H48N4O9S2. The Bertz CT molecular complexity index is 1790. The third kappa shape index (κ3) is 9.19. The van der Waals surface area contributed by atoms with E-state index in [1.54, 1.807) is 37.3 Å². The lowest BCUT2D eigenvalue weighted by Gasteiger charge is -2.35. The van der Waals surface area contributed by atoms with Crippen LogP contribution in [0.1, 0.15) is 67.4 Å². The molecule has 4 atom stereocenters. The van der Waals surface area contributed by atoms with Gasteiger partial charge in [0.1, 0.15) is 11.4 Å². The maximum absolute atomic E-state index is 14.4. The summed E-state index contributed by atoms with van der Waals surface area (Å²) in [5.74, 6) is -0.469. The number of nitrogens with zero attached hydrogens (tertiary/aromatic N) is 3. The first-order chi connectivity index (χ1) is 23.0. The zero-order valence-corrected chi connectivity index (χ0v) is 30.8. The van der Waals surface area contributed by atoms with E-state index in [1.165, 1.54) is 42.2 Å². The topological polar surface area (TPSA) is 169 Å². The van der Waals surface area contributed by atoms with Crippen LogP contribution in [0.4, 0.5) is 5.69 Å². The predicted octanol–water partition coefficient (Wildman–Crippen LogP) is 4.52. The number of rotatable bonds is 9. The first kappa shape index (κ1) is 38.3. The number of benzene rings is 2. The summed E-state index contributed by atoms with van der Waals surface area (Å²) in [6.45, 7) is 10.5. The number of amides is 1. The van der Waals surface area contributed by atoms with Crippen molar-refractivity contribution < 1.29 is 40.7 Å². The maximum Gasteiger partial charge on any atom is 0.267 e. The highest BCUT2D eigenvalue weighted by molar-refractivity contribution is 7.92. The molecule has 0 saturated carbocycles. The van der Waals surface area contributed by atoms with Crippen LogP contribution in [0.3, 0.4) is 0 Å². The quantitative estimate of drug-likeness (QED) is 0.321. The van der Waals surface area contributed by atoms with Crippen molar-refractivity contribution >= 4 is 31.6 Å². The van der Waals surface area contributed by atoms with Crippen LogP contribution in [0.25, 0.3) is 0 Å². The number of aromatic nitrogens is 1. The van der Waals surface area contributed by atoms with Crippen molar-refractivity contribution in [3.8, 4) is 5.75 Å². The Morgan fingerprint density at radius 3 is 2.39 bits per heavy atom. The van der Waals surface area contributed by atoms with E-state index in [4.69, 9.17) is 14.0 Å². The fraction of sp³-hybridized carbons (Fsp3) is 0.529. The lowest BCUT2D eigenvalue weighted by atomic mass is 10.0. The minimum absolute atomic E-state index is 0.0383. The number of carbonyl (C=O) groups excluding carboxylic acids is 1. The average molecular weight is 721 g/mol. The highest BCUT2D eigenvalue weighted by Gasteiger charge is 2.33. The van der Waals surface area contributed by atoms with Crippen molar-refractivity contribution in [1.82, 2.24) is 14.4 Å². The van der Waals surface area contributed by atoms with Gasteiger partial charge in [-0.1, -0.05) is 29.8 Å². The van der Waals surface area contributed by atoms with Crippen molar-refractivity contribution in [3.05, 3.63) is 65.0 Å². The van der Waals surface area contributed by atoms with Gasteiger partial charge >= 0.3 is 0 Å². The molecular weight excluding hydrogens is 673 g/mol. The van der Waals surface area contributed by atoms with Crippen LogP contribution in [-0.2, 0) is 24.8 Å². The van der Waals surface area contributed by atoms with Crippen molar-refractivity contribution in [3.63, 3.8) is 0 Å². The number of aliphatic hydroxyl groups excluding tert-OH is 1. The standard InChI is InChI=1S/C34H48N4O9S2/c1-22-11-14-29(15-12-22)49(43,44)37(7)20-32-23(2)19-38(24(3)21-39)34(40)30-18-28(36-48(41,42)33-26(5)35-47-27(33)6)13-16-31(30)46-25(4)10-8-9-17-45-32/h11-16,18,23-25,32,36,39H,8-10,17,19-21H2,1-7H3/t23-,24-,25-,32-/m1/s1. The van der Waals surface area contributed by atoms with E-state index in [-0.39, 0.29) is 70.0 Å². The molecule has 4 rings (SSSR count). The largest absolute Gasteiger partial charge is 0.490 e. The molecule has 0 saturated heterocycles. The second-order valence-electron chi connectivity index (χ2n) is 12.9. The van der Waals surface area contributed by atoms with Gasteiger partial charge in [-0.15, -0.1) is 0 Å². The number of likely N-dealkylation sites (N-methyl/N-ethyl adjacent to an activating group) is 1. The maximum atomic E-state index is 14.4. The van der Waals surface area contributed by atoms with Crippen molar-refractivity contribution in [1.29, 1.82) is 0 Å². The molecule has 15 heteroatoms. The SMILES string of the molecule is Cc1ccc(S(=O)(=O)N(C)C[C@H]2OCCCC[C@@H](C)Oc3ccc(NS(=O)(=O)c4c(C)noc4C)cc3C(=O)N([C@H](C)CO)C[C@H]2C)cc1. The molecule has 2 heterocycles. The summed E-state index contributed by atoms with van der Waals surface area (Å²) in [4.78, 5) is 16.0. The lowest BCUT2D eigenvalue weighted by Crippen LogP contribution is -2.48. The molecule has 49 heavy (non-hydrogen) atoms. The minimum Gasteiger partial charge on any atom is -0.490 e. The zero-order valence-electron chi connectivity index (χ0n) is 29.2. The number of aryl methyl sites for hydroxylation is 3. The lowest BCUT2D eigenvalue weighted by molar-refractivity contribution is -0.00833. The van der Waals surface area contributed by atoms with Gasteiger partial charge in [0.25, 0.3) is 15.9 Å². The Labute approximate surface area is 289 Å². The second kappa shape index (κ2) is 16.0. The number of hydrogen-bond donors (Lipinski definition) is 2. The van der Waals surface area contributed by atoms with Crippen LogP contribution >= 0.6 is 0 Å². The summed E-state index contributed by atoms with van der Waals surface area (Å²) in [6.07, 6.45) is 1.23. The Morgan fingerprint density at radius 2 is 1.76 bits per heavy atom. The van der Waals surface area contributed by atoms with Crippen molar-refractivity contribution in [2.45, 2.75) is 88.8 Å². The Hall–Kier alpha value is -3.50. The van der Waals surface area contributed by atoms with E-state index in [9.17, 15) is 26.7 Å². The first-order valence-corrected chi connectivity index (χ1v) is 19.3. The summed E-state index contributed by atoms with van der Waals surface area (Å²) < 4.78 is 75.0. The smallest absolute Gasteiger partial charge is 0.267 e. The fourth-order valence-corrected chi connectivity index (χ4v) is 8.32. The summed E-state index contributed by atoms with van der Waals surface area (Å²) in [6, 6.07) is 10.5. The Morgan fingerprint density at radius 1 is 1.06 bits per heavy atom. The molecule has 0 fully saturated rings. The fourth-order valence-electron chi connectivity index (χ4n) is 5.75. The van der Waals surface area contributed by atoms with Gasteiger partial charge in [0.2, 0.25) is 10.0 Å². The van der Waals surface area contributed by atoms with Crippen molar-refractivity contribution in [2.24, 2.45) is 5.92 Å². The van der Waals surface area contributed by atoms with Crippen LogP contribution in [-0.4, -0.2) is 93.8 Å². The number of aliphatic hydroxyl groups is 1. The van der Waals surface area contributed by atoms with Gasteiger partial charge in [0, 0.05) is 38.3 Å². The molecule has 1 aliphatic heterocycles. The number of carbonyl (C=O) groups is 1. The van der Waals surface area contributed by atoms with Crippen molar-refractivity contribution in [2.75, 3.05) is 38.1 Å². The highest BCUT2D eigenvalue weighted by atomic mass is 32.2. The number of hydrogen-bond acceptors (Lipinski definition) is 10. The molecule has 270 valence electrons. The minimum atomic E-state index is -4.11. The molecule has 3 aromatic rings. The molecule has 1 amide bonds. The third-order valence-corrected chi connectivity index (χ3v) is 12.2. The van der Waals surface area contributed by atoms with Crippen LogP contribution in [0.5, 0.6) is 5.75 Å². The number of ether oxygens (including phenoxy) is 2. The van der Waals surface area contributed by atoms with Gasteiger partial charge in [-0.25, -0.2) is 16.8 Å². The van der Waals surface area contributed by atoms with E-state index in [2.05, 4.69) is 9.88 Å². The molecule has 2 aromatic carbocycles. The van der Waals surface area contributed by atoms with Gasteiger partial charge in [0.05, 0.1) is 35.3 Å². The summed E-state index contributed by atoms with van der Waals surface area (Å²) >= 11 is 0. The molecule has 0 spiro atoms. The van der Waals surface area contributed by atoms with Gasteiger partial charge in [-0.05, 0) is 84.2 Å².